The molecule has 6 nitrogen and oxygen atoms in total. The van der Waals surface area contributed by atoms with E-state index >= 15 is 0 Å². The zero-order valence-corrected chi connectivity index (χ0v) is 15.3. The van der Waals surface area contributed by atoms with Gasteiger partial charge in [0, 0.05) is 16.4 Å². The normalized spacial score (nSPS) is 10.2. The van der Waals surface area contributed by atoms with E-state index < -0.39 is 6.03 Å². The lowest BCUT2D eigenvalue weighted by Crippen LogP contribution is -2.19. The molecular weight excluding hydrogens is 372 g/mol. The number of carbonyl (C=O) groups excluding carboxylic acids is 2. The average molecular weight is 387 g/mol. The van der Waals surface area contributed by atoms with Crippen LogP contribution in [0, 0.1) is 6.92 Å². The number of halogens is 1. The van der Waals surface area contributed by atoms with Gasteiger partial charge >= 0.3 is 6.03 Å². The standard InChI is InChI=1S/C18H15ClN4O2S/c1-11-15(16(24)21-14-9-7-12(19)8-10-14)26-18(20-11)23-17(25)22-13-5-3-2-4-6-13/h2-10H,1H3,(H,21,24)(H2,20,22,23,25). The average Bonchev–Trinajstić information content (AvgIpc) is 2.98. The molecule has 3 N–H and O–H groups in total. The minimum Gasteiger partial charge on any atom is -0.321 e. The number of benzene rings is 2. The monoisotopic (exact) mass is 386 g/mol. The Kier molecular flexibility index (Phi) is 5.50. The number of anilines is 3. The van der Waals surface area contributed by atoms with Gasteiger partial charge in [-0.2, -0.15) is 0 Å². The van der Waals surface area contributed by atoms with Gasteiger partial charge in [0.1, 0.15) is 4.88 Å². The van der Waals surface area contributed by atoms with Crippen LogP contribution in [-0.4, -0.2) is 16.9 Å². The van der Waals surface area contributed by atoms with Crippen LogP contribution in [-0.2, 0) is 0 Å². The summed E-state index contributed by atoms with van der Waals surface area (Å²) in [6.07, 6.45) is 0. The summed E-state index contributed by atoms with van der Waals surface area (Å²) in [5, 5.41) is 9.05. The lowest BCUT2D eigenvalue weighted by atomic mass is 10.3. The van der Waals surface area contributed by atoms with Crippen LogP contribution < -0.4 is 16.0 Å². The number of urea groups is 1. The van der Waals surface area contributed by atoms with Crippen molar-refractivity contribution >= 4 is 51.4 Å². The highest BCUT2D eigenvalue weighted by Crippen LogP contribution is 2.24. The van der Waals surface area contributed by atoms with E-state index in [1.54, 1.807) is 43.3 Å². The molecule has 2 aromatic carbocycles. The van der Waals surface area contributed by atoms with Gasteiger partial charge in [0.15, 0.2) is 5.13 Å². The minimum absolute atomic E-state index is 0.293. The van der Waals surface area contributed by atoms with Crippen LogP contribution in [0.1, 0.15) is 15.4 Å². The Morgan fingerprint density at radius 3 is 2.27 bits per heavy atom. The zero-order valence-electron chi connectivity index (χ0n) is 13.7. The van der Waals surface area contributed by atoms with Gasteiger partial charge in [-0.3, -0.25) is 10.1 Å². The fourth-order valence-electron chi connectivity index (χ4n) is 2.16. The van der Waals surface area contributed by atoms with Crippen LogP contribution in [0.4, 0.5) is 21.3 Å². The molecule has 0 fully saturated rings. The Morgan fingerprint density at radius 2 is 1.58 bits per heavy atom. The first-order chi connectivity index (χ1) is 12.5. The second-order valence-electron chi connectivity index (χ2n) is 5.34. The third kappa shape index (κ3) is 4.59. The van der Waals surface area contributed by atoms with Crippen LogP contribution in [0.15, 0.2) is 54.6 Å². The van der Waals surface area contributed by atoms with Gasteiger partial charge in [-0.25, -0.2) is 9.78 Å². The Morgan fingerprint density at radius 1 is 0.923 bits per heavy atom. The van der Waals surface area contributed by atoms with Gasteiger partial charge < -0.3 is 10.6 Å². The summed E-state index contributed by atoms with van der Waals surface area (Å²) in [6, 6.07) is 15.4. The summed E-state index contributed by atoms with van der Waals surface area (Å²) in [6.45, 7) is 1.72. The number of aryl methyl sites for hydroxylation is 1. The highest BCUT2D eigenvalue weighted by atomic mass is 35.5. The molecule has 3 amide bonds. The van der Waals surface area contributed by atoms with Crippen molar-refractivity contribution in [3.63, 3.8) is 0 Å². The molecule has 0 saturated heterocycles. The third-order valence-corrected chi connectivity index (χ3v) is 4.68. The number of thiazole rings is 1. The molecule has 0 atom stereocenters. The Balaban J connectivity index is 1.65. The van der Waals surface area contributed by atoms with Crippen LogP contribution >= 0.6 is 22.9 Å². The molecule has 0 saturated carbocycles. The Bertz CT molecular complexity index is 926. The SMILES string of the molecule is Cc1nc(NC(=O)Nc2ccccc2)sc1C(=O)Nc1ccc(Cl)cc1. The van der Waals surface area contributed by atoms with Gasteiger partial charge in [-0.15, -0.1) is 0 Å². The van der Waals surface area contributed by atoms with E-state index in [1.165, 1.54) is 0 Å². The number of aromatic nitrogens is 1. The maximum Gasteiger partial charge on any atom is 0.325 e. The van der Waals surface area contributed by atoms with E-state index in [4.69, 9.17) is 11.6 Å². The molecular formula is C18H15ClN4O2S. The molecule has 0 aliphatic carbocycles. The molecule has 0 aliphatic heterocycles. The third-order valence-electron chi connectivity index (χ3n) is 3.36. The lowest BCUT2D eigenvalue weighted by Gasteiger charge is -2.04. The minimum atomic E-state index is -0.422. The number of nitrogens with zero attached hydrogens (tertiary/aromatic N) is 1. The first-order valence-corrected chi connectivity index (χ1v) is 8.88. The molecule has 1 heterocycles. The van der Waals surface area contributed by atoms with E-state index in [9.17, 15) is 9.59 Å². The van der Waals surface area contributed by atoms with Crippen molar-refractivity contribution in [3.8, 4) is 0 Å². The van der Waals surface area contributed by atoms with Crippen molar-refractivity contribution < 1.29 is 9.59 Å². The zero-order chi connectivity index (χ0) is 18.5. The number of rotatable bonds is 4. The highest BCUT2D eigenvalue weighted by Gasteiger charge is 2.17. The lowest BCUT2D eigenvalue weighted by molar-refractivity contribution is 0.103. The fraction of sp³-hybridized carbons (Fsp3) is 0.0556. The van der Waals surface area contributed by atoms with Gasteiger partial charge in [0.2, 0.25) is 0 Å². The molecule has 0 spiro atoms. The van der Waals surface area contributed by atoms with Gasteiger partial charge in [-0.05, 0) is 43.3 Å². The highest BCUT2D eigenvalue weighted by molar-refractivity contribution is 7.17. The number of hydrogen-bond acceptors (Lipinski definition) is 4. The fourth-order valence-corrected chi connectivity index (χ4v) is 3.15. The summed E-state index contributed by atoms with van der Waals surface area (Å²) in [5.74, 6) is -0.293. The number of nitrogens with one attached hydrogen (secondary N) is 3. The van der Waals surface area contributed by atoms with Gasteiger partial charge in [0.05, 0.1) is 5.69 Å². The second-order valence-corrected chi connectivity index (χ2v) is 6.78. The molecule has 1 aromatic heterocycles. The van der Waals surface area contributed by atoms with Crippen molar-refractivity contribution in [2.45, 2.75) is 6.92 Å². The number of carbonyl (C=O) groups is 2. The van der Waals surface area contributed by atoms with E-state index in [0.29, 0.717) is 32.1 Å². The predicted octanol–water partition coefficient (Wildman–Crippen LogP) is 5.00. The van der Waals surface area contributed by atoms with E-state index in [2.05, 4.69) is 20.9 Å². The molecule has 3 aromatic rings. The predicted molar refractivity (Wildman–Crippen MR) is 105 cm³/mol. The van der Waals surface area contributed by atoms with Crippen molar-refractivity contribution in [3.05, 3.63) is 70.2 Å². The Labute approximate surface area is 159 Å². The van der Waals surface area contributed by atoms with Crippen LogP contribution in [0.3, 0.4) is 0 Å². The molecule has 8 heteroatoms. The quantitative estimate of drug-likeness (QED) is 0.589. The maximum absolute atomic E-state index is 12.4. The van der Waals surface area contributed by atoms with E-state index in [0.717, 1.165) is 11.3 Å². The first kappa shape index (κ1) is 17.9. The van der Waals surface area contributed by atoms with E-state index in [-0.39, 0.29) is 5.91 Å². The molecule has 0 radical (unpaired) electrons. The van der Waals surface area contributed by atoms with Gasteiger partial charge in [0.25, 0.3) is 5.91 Å². The number of para-hydroxylation sites is 1. The van der Waals surface area contributed by atoms with Crippen LogP contribution in [0.25, 0.3) is 0 Å². The molecule has 0 aliphatic rings. The second kappa shape index (κ2) is 7.99. The summed E-state index contributed by atoms with van der Waals surface area (Å²) in [4.78, 5) is 29.1. The van der Waals surface area contributed by atoms with Crippen molar-refractivity contribution in [1.29, 1.82) is 0 Å². The summed E-state index contributed by atoms with van der Waals surface area (Å²) in [7, 11) is 0. The molecule has 132 valence electrons. The van der Waals surface area contributed by atoms with Crippen molar-refractivity contribution in [2.24, 2.45) is 0 Å². The largest absolute Gasteiger partial charge is 0.325 e. The van der Waals surface area contributed by atoms with Crippen LogP contribution in [0.2, 0.25) is 5.02 Å². The smallest absolute Gasteiger partial charge is 0.321 e. The first-order valence-electron chi connectivity index (χ1n) is 7.68. The summed E-state index contributed by atoms with van der Waals surface area (Å²) >= 11 is 6.94. The van der Waals surface area contributed by atoms with Crippen LogP contribution in [0.5, 0.6) is 0 Å². The molecule has 0 bridgehead atoms. The molecule has 3 rings (SSSR count). The topological polar surface area (TPSA) is 83.1 Å². The summed E-state index contributed by atoms with van der Waals surface area (Å²) < 4.78 is 0. The van der Waals surface area contributed by atoms with Crippen molar-refractivity contribution in [1.82, 2.24) is 4.98 Å². The van der Waals surface area contributed by atoms with E-state index in [1.807, 2.05) is 18.2 Å². The maximum atomic E-state index is 12.4. The summed E-state index contributed by atoms with van der Waals surface area (Å²) in [5.41, 5.74) is 1.83. The van der Waals surface area contributed by atoms with Gasteiger partial charge in [-0.1, -0.05) is 41.1 Å². The molecule has 26 heavy (non-hydrogen) atoms. The molecule has 0 unspecified atom stereocenters. The Hall–Kier alpha value is -2.90. The van der Waals surface area contributed by atoms with Crippen molar-refractivity contribution in [2.75, 3.05) is 16.0 Å². The number of amides is 3. The number of hydrogen-bond donors (Lipinski definition) is 3.